The Labute approximate surface area is 143 Å². The molecule has 0 bridgehead atoms. The summed E-state index contributed by atoms with van der Waals surface area (Å²) in [5.74, 6) is 1.37. The molecule has 2 aromatic rings. The van der Waals surface area contributed by atoms with Crippen molar-refractivity contribution in [2.45, 2.75) is 20.3 Å². The lowest BCUT2D eigenvalue weighted by Gasteiger charge is -2.12. The molecule has 24 heavy (non-hydrogen) atoms. The van der Waals surface area contributed by atoms with E-state index in [1.807, 2.05) is 55.5 Å². The highest BCUT2D eigenvalue weighted by atomic mass is 16.5. The van der Waals surface area contributed by atoms with Crippen molar-refractivity contribution in [2.24, 2.45) is 0 Å². The van der Waals surface area contributed by atoms with Crippen LogP contribution in [-0.2, 0) is 4.79 Å². The van der Waals surface area contributed by atoms with E-state index in [9.17, 15) is 4.79 Å². The van der Waals surface area contributed by atoms with Crippen molar-refractivity contribution in [3.8, 4) is 11.5 Å². The molecular weight excluding hydrogens is 304 g/mol. The third-order valence-corrected chi connectivity index (χ3v) is 3.24. The highest BCUT2D eigenvalue weighted by molar-refractivity contribution is 5.95. The maximum Gasteiger partial charge on any atom is 0.243 e. The second-order valence-electron chi connectivity index (χ2n) is 5.20. The van der Waals surface area contributed by atoms with Crippen LogP contribution in [0.1, 0.15) is 20.3 Å². The number of nitrogens with one attached hydrogen (secondary N) is 2. The number of benzene rings is 2. The summed E-state index contributed by atoms with van der Waals surface area (Å²) in [5.41, 5.74) is 1.54. The Balaban J connectivity index is 1.85. The number of para-hydroxylation sites is 2. The highest BCUT2D eigenvalue weighted by Gasteiger charge is 2.07. The van der Waals surface area contributed by atoms with Gasteiger partial charge in [0.25, 0.3) is 0 Å². The number of amides is 1. The van der Waals surface area contributed by atoms with Crippen LogP contribution in [0.5, 0.6) is 11.5 Å². The van der Waals surface area contributed by atoms with E-state index in [4.69, 9.17) is 9.47 Å². The molecule has 2 aromatic carbocycles. The maximum atomic E-state index is 12.1. The smallest absolute Gasteiger partial charge is 0.243 e. The van der Waals surface area contributed by atoms with Crippen molar-refractivity contribution in [2.75, 3.05) is 30.4 Å². The van der Waals surface area contributed by atoms with Crippen molar-refractivity contribution in [1.82, 2.24) is 0 Å². The van der Waals surface area contributed by atoms with Gasteiger partial charge in [-0.05, 0) is 49.7 Å². The Bertz CT molecular complexity index is 641. The second kappa shape index (κ2) is 9.45. The second-order valence-corrected chi connectivity index (χ2v) is 5.20. The highest BCUT2D eigenvalue weighted by Crippen LogP contribution is 2.23. The van der Waals surface area contributed by atoms with Crippen LogP contribution in [-0.4, -0.2) is 25.7 Å². The normalized spacial score (nSPS) is 10.1. The van der Waals surface area contributed by atoms with Crippen molar-refractivity contribution in [3.63, 3.8) is 0 Å². The van der Waals surface area contributed by atoms with Gasteiger partial charge in [0.15, 0.2) is 0 Å². The topological polar surface area (TPSA) is 59.6 Å². The summed E-state index contributed by atoms with van der Waals surface area (Å²) in [7, 11) is 0. The Morgan fingerprint density at radius 2 is 1.75 bits per heavy atom. The molecule has 0 aliphatic rings. The number of carbonyl (C=O) groups is 1. The summed E-state index contributed by atoms with van der Waals surface area (Å²) in [4.78, 5) is 12.1. The van der Waals surface area contributed by atoms with E-state index in [1.54, 1.807) is 0 Å². The van der Waals surface area contributed by atoms with Crippen LogP contribution in [0.4, 0.5) is 11.4 Å². The molecule has 0 aromatic heterocycles. The molecule has 5 heteroatoms. The molecule has 0 saturated carbocycles. The van der Waals surface area contributed by atoms with Gasteiger partial charge in [0, 0.05) is 5.69 Å². The van der Waals surface area contributed by atoms with Crippen LogP contribution < -0.4 is 20.1 Å². The zero-order chi connectivity index (χ0) is 17.2. The fraction of sp³-hybridized carbons (Fsp3) is 0.316. The zero-order valence-corrected chi connectivity index (χ0v) is 14.2. The first-order valence-corrected chi connectivity index (χ1v) is 8.21. The monoisotopic (exact) mass is 328 g/mol. The number of carbonyl (C=O) groups excluding carboxylic acids is 1. The molecule has 5 nitrogen and oxygen atoms in total. The lowest BCUT2D eigenvalue weighted by Crippen LogP contribution is -2.22. The summed E-state index contributed by atoms with van der Waals surface area (Å²) >= 11 is 0. The number of rotatable bonds is 9. The Kier molecular flexibility index (Phi) is 6.95. The van der Waals surface area contributed by atoms with E-state index in [1.165, 1.54) is 0 Å². The molecule has 0 spiro atoms. The summed E-state index contributed by atoms with van der Waals surface area (Å²) in [6.45, 7) is 5.41. The van der Waals surface area contributed by atoms with E-state index in [0.29, 0.717) is 24.7 Å². The van der Waals surface area contributed by atoms with Gasteiger partial charge in [0.1, 0.15) is 11.5 Å². The van der Waals surface area contributed by atoms with Crippen LogP contribution >= 0.6 is 0 Å². The fourth-order valence-corrected chi connectivity index (χ4v) is 2.12. The van der Waals surface area contributed by atoms with Crippen LogP contribution in [0.15, 0.2) is 48.5 Å². The molecule has 0 saturated heterocycles. The van der Waals surface area contributed by atoms with Crippen molar-refractivity contribution in [1.29, 1.82) is 0 Å². The van der Waals surface area contributed by atoms with Crippen LogP contribution in [0.25, 0.3) is 0 Å². The van der Waals surface area contributed by atoms with Gasteiger partial charge in [-0.2, -0.15) is 0 Å². The summed E-state index contributed by atoms with van der Waals surface area (Å²) in [5, 5.41) is 5.94. The summed E-state index contributed by atoms with van der Waals surface area (Å²) < 4.78 is 11.0. The maximum absolute atomic E-state index is 12.1. The predicted molar refractivity (Wildman–Crippen MR) is 97.0 cm³/mol. The van der Waals surface area contributed by atoms with Gasteiger partial charge in [0.05, 0.1) is 25.4 Å². The van der Waals surface area contributed by atoms with Gasteiger partial charge in [-0.1, -0.05) is 19.1 Å². The standard InChI is InChI=1S/C19H24N2O3/c1-3-13-24-16-11-9-15(10-12-16)20-14-19(22)21-17-7-5-6-8-18(17)23-4-2/h5-12,20H,3-4,13-14H2,1-2H3,(H,21,22). The van der Waals surface area contributed by atoms with Gasteiger partial charge in [-0.3, -0.25) is 4.79 Å². The lowest BCUT2D eigenvalue weighted by atomic mass is 10.3. The summed E-state index contributed by atoms with van der Waals surface area (Å²) in [6.07, 6.45) is 0.976. The molecule has 2 rings (SSSR count). The molecule has 0 heterocycles. The van der Waals surface area contributed by atoms with Crippen molar-refractivity contribution in [3.05, 3.63) is 48.5 Å². The van der Waals surface area contributed by atoms with E-state index < -0.39 is 0 Å². The largest absolute Gasteiger partial charge is 0.494 e. The first-order chi connectivity index (χ1) is 11.7. The third kappa shape index (κ3) is 5.50. The molecule has 0 fully saturated rings. The van der Waals surface area contributed by atoms with Gasteiger partial charge < -0.3 is 20.1 Å². The third-order valence-electron chi connectivity index (χ3n) is 3.24. The SMILES string of the molecule is CCCOc1ccc(NCC(=O)Nc2ccccc2OCC)cc1. The number of hydrogen-bond donors (Lipinski definition) is 2. The van der Waals surface area contributed by atoms with Crippen LogP contribution in [0.2, 0.25) is 0 Å². The molecule has 0 radical (unpaired) electrons. The quantitative estimate of drug-likeness (QED) is 0.732. The lowest BCUT2D eigenvalue weighted by molar-refractivity contribution is -0.114. The molecule has 128 valence electrons. The molecule has 1 amide bonds. The predicted octanol–water partition coefficient (Wildman–Crippen LogP) is 3.92. The van der Waals surface area contributed by atoms with Crippen molar-refractivity contribution < 1.29 is 14.3 Å². The van der Waals surface area contributed by atoms with Gasteiger partial charge in [-0.15, -0.1) is 0 Å². The Morgan fingerprint density at radius 3 is 2.46 bits per heavy atom. The molecular formula is C19H24N2O3. The van der Waals surface area contributed by atoms with E-state index in [2.05, 4.69) is 17.6 Å². The minimum absolute atomic E-state index is 0.131. The number of anilines is 2. The Hall–Kier alpha value is -2.69. The zero-order valence-electron chi connectivity index (χ0n) is 14.2. The van der Waals surface area contributed by atoms with Gasteiger partial charge in [-0.25, -0.2) is 0 Å². The molecule has 0 aliphatic heterocycles. The molecule has 0 unspecified atom stereocenters. The molecule has 0 atom stereocenters. The average molecular weight is 328 g/mol. The molecule has 0 aliphatic carbocycles. The van der Waals surface area contributed by atoms with E-state index >= 15 is 0 Å². The van der Waals surface area contributed by atoms with Crippen LogP contribution in [0, 0.1) is 0 Å². The van der Waals surface area contributed by atoms with Gasteiger partial charge >= 0.3 is 0 Å². The summed E-state index contributed by atoms with van der Waals surface area (Å²) in [6, 6.07) is 15.0. The average Bonchev–Trinajstić information content (AvgIpc) is 2.61. The fourth-order valence-electron chi connectivity index (χ4n) is 2.12. The van der Waals surface area contributed by atoms with Crippen molar-refractivity contribution >= 4 is 17.3 Å². The van der Waals surface area contributed by atoms with Gasteiger partial charge in [0.2, 0.25) is 5.91 Å². The first-order valence-electron chi connectivity index (χ1n) is 8.21. The van der Waals surface area contributed by atoms with E-state index in [-0.39, 0.29) is 12.5 Å². The Morgan fingerprint density at radius 1 is 1.00 bits per heavy atom. The minimum atomic E-state index is -0.131. The minimum Gasteiger partial charge on any atom is -0.494 e. The number of ether oxygens (including phenoxy) is 2. The van der Waals surface area contributed by atoms with E-state index in [0.717, 1.165) is 17.9 Å². The van der Waals surface area contributed by atoms with Crippen LogP contribution in [0.3, 0.4) is 0 Å². The number of hydrogen-bond acceptors (Lipinski definition) is 4. The first kappa shape index (κ1) is 17.7. The molecule has 2 N–H and O–H groups in total.